The molecule has 5 nitrogen and oxygen atoms in total. The quantitative estimate of drug-likeness (QED) is 0.766. The Morgan fingerprint density at radius 3 is 2.67 bits per heavy atom. The largest absolute Gasteiger partial charge is 0.468 e. The Kier molecular flexibility index (Phi) is 2.40. The van der Waals surface area contributed by atoms with E-state index in [-0.39, 0.29) is 5.97 Å². The zero-order chi connectivity index (χ0) is 12.6. The minimum absolute atomic E-state index is 0.229. The Balaban J connectivity index is 2.06. The number of nitrogens with zero attached hydrogens (tertiary/aromatic N) is 3. The molecule has 0 amide bonds. The molecule has 0 bridgehead atoms. The smallest absolute Gasteiger partial charge is 0.319 e. The van der Waals surface area contributed by atoms with Gasteiger partial charge in [-0.05, 0) is 25.0 Å². The third-order valence-electron chi connectivity index (χ3n) is 3.34. The maximum absolute atomic E-state index is 11.9. The SMILES string of the molecule is COC(=O)C1(c2nncn2-c2ccccc2)CC1. The van der Waals surface area contributed by atoms with Crippen molar-refractivity contribution in [3.63, 3.8) is 0 Å². The summed E-state index contributed by atoms with van der Waals surface area (Å²) in [4.78, 5) is 11.9. The van der Waals surface area contributed by atoms with Crippen LogP contribution >= 0.6 is 0 Å². The fraction of sp³-hybridized carbons (Fsp3) is 0.308. The molecule has 1 aliphatic rings. The zero-order valence-corrected chi connectivity index (χ0v) is 10.0. The van der Waals surface area contributed by atoms with E-state index < -0.39 is 5.41 Å². The summed E-state index contributed by atoms with van der Waals surface area (Å²) in [7, 11) is 1.41. The summed E-state index contributed by atoms with van der Waals surface area (Å²) in [6, 6.07) is 9.74. The maximum Gasteiger partial charge on any atom is 0.319 e. The molecule has 0 atom stereocenters. The first kappa shape index (κ1) is 11.0. The van der Waals surface area contributed by atoms with E-state index in [1.165, 1.54) is 7.11 Å². The van der Waals surface area contributed by atoms with Gasteiger partial charge in [-0.3, -0.25) is 9.36 Å². The van der Waals surface area contributed by atoms with Crippen molar-refractivity contribution < 1.29 is 9.53 Å². The van der Waals surface area contributed by atoms with Gasteiger partial charge in [-0.15, -0.1) is 10.2 Å². The van der Waals surface area contributed by atoms with Crippen molar-refractivity contribution in [2.45, 2.75) is 18.3 Å². The lowest BCUT2D eigenvalue weighted by molar-refractivity contribution is -0.143. The van der Waals surface area contributed by atoms with Crippen molar-refractivity contribution in [1.82, 2.24) is 14.8 Å². The fourth-order valence-corrected chi connectivity index (χ4v) is 2.18. The Hall–Kier alpha value is -2.17. The van der Waals surface area contributed by atoms with Gasteiger partial charge in [0.05, 0.1) is 7.11 Å². The first-order valence-corrected chi connectivity index (χ1v) is 5.82. The molecule has 0 saturated heterocycles. The molecule has 0 radical (unpaired) electrons. The number of methoxy groups -OCH3 is 1. The van der Waals surface area contributed by atoms with Crippen LogP contribution in [0.1, 0.15) is 18.7 Å². The Morgan fingerprint density at radius 2 is 2.06 bits per heavy atom. The highest BCUT2D eigenvalue weighted by Gasteiger charge is 2.56. The number of aromatic nitrogens is 3. The molecule has 1 aromatic heterocycles. The van der Waals surface area contributed by atoms with E-state index >= 15 is 0 Å². The molecule has 0 N–H and O–H groups in total. The minimum Gasteiger partial charge on any atom is -0.468 e. The second-order valence-electron chi connectivity index (χ2n) is 4.43. The van der Waals surface area contributed by atoms with Crippen LogP contribution in [0.15, 0.2) is 36.7 Å². The third-order valence-corrected chi connectivity index (χ3v) is 3.34. The summed E-state index contributed by atoms with van der Waals surface area (Å²) in [5, 5.41) is 8.03. The second-order valence-corrected chi connectivity index (χ2v) is 4.43. The van der Waals surface area contributed by atoms with Crippen LogP contribution in [0.5, 0.6) is 0 Å². The summed E-state index contributed by atoms with van der Waals surface area (Å²) in [6.45, 7) is 0. The number of hydrogen-bond acceptors (Lipinski definition) is 4. The Morgan fingerprint density at radius 1 is 1.33 bits per heavy atom. The Labute approximate surface area is 104 Å². The van der Waals surface area contributed by atoms with Gasteiger partial charge in [0.1, 0.15) is 11.7 Å². The van der Waals surface area contributed by atoms with Crippen LogP contribution in [-0.2, 0) is 14.9 Å². The van der Waals surface area contributed by atoms with Crippen LogP contribution < -0.4 is 0 Å². The van der Waals surface area contributed by atoms with Crippen LogP contribution in [0.25, 0.3) is 5.69 Å². The second kappa shape index (κ2) is 3.94. The molecule has 18 heavy (non-hydrogen) atoms. The van der Waals surface area contributed by atoms with E-state index in [0.29, 0.717) is 5.82 Å². The molecule has 2 aromatic rings. The van der Waals surface area contributed by atoms with E-state index in [2.05, 4.69) is 10.2 Å². The number of ether oxygens (including phenoxy) is 1. The maximum atomic E-state index is 11.9. The molecule has 1 heterocycles. The summed E-state index contributed by atoms with van der Waals surface area (Å²) in [5.41, 5.74) is 0.355. The highest BCUT2D eigenvalue weighted by Crippen LogP contribution is 2.48. The Bertz CT molecular complexity index is 573. The van der Waals surface area contributed by atoms with Crippen LogP contribution in [0, 0.1) is 0 Å². The highest BCUT2D eigenvalue weighted by molar-refractivity contribution is 5.85. The fourth-order valence-electron chi connectivity index (χ4n) is 2.18. The van der Waals surface area contributed by atoms with Crippen LogP contribution in [0.2, 0.25) is 0 Å². The van der Waals surface area contributed by atoms with Gasteiger partial charge in [0, 0.05) is 5.69 Å². The topological polar surface area (TPSA) is 57.0 Å². The number of benzene rings is 1. The van der Waals surface area contributed by atoms with Crippen LogP contribution in [0.3, 0.4) is 0 Å². The predicted octanol–water partition coefficient (Wildman–Crippen LogP) is 1.47. The van der Waals surface area contributed by atoms with Gasteiger partial charge in [0.2, 0.25) is 0 Å². The van der Waals surface area contributed by atoms with Crippen molar-refractivity contribution in [2.75, 3.05) is 7.11 Å². The average Bonchev–Trinajstić information content (AvgIpc) is 3.09. The van der Waals surface area contributed by atoms with Gasteiger partial charge in [0.25, 0.3) is 0 Å². The zero-order valence-electron chi connectivity index (χ0n) is 10.0. The lowest BCUT2D eigenvalue weighted by Crippen LogP contribution is -2.25. The van der Waals surface area contributed by atoms with Crippen molar-refractivity contribution in [3.8, 4) is 5.69 Å². The van der Waals surface area contributed by atoms with E-state index in [9.17, 15) is 4.79 Å². The average molecular weight is 243 g/mol. The van der Waals surface area contributed by atoms with E-state index in [1.807, 2.05) is 34.9 Å². The summed E-state index contributed by atoms with van der Waals surface area (Å²) in [6.07, 6.45) is 3.17. The molecule has 1 aliphatic carbocycles. The molecule has 5 heteroatoms. The van der Waals surface area contributed by atoms with Gasteiger partial charge in [0.15, 0.2) is 5.82 Å². The molecular formula is C13H13N3O2. The molecule has 0 spiro atoms. The molecule has 1 fully saturated rings. The molecule has 0 unspecified atom stereocenters. The van der Waals surface area contributed by atoms with Crippen molar-refractivity contribution in [1.29, 1.82) is 0 Å². The first-order valence-electron chi connectivity index (χ1n) is 5.82. The monoisotopic (exact) mass is 243 g/mol. The lowest BCUT2D eigenvalue weighted by Gasteiger charge is -2.13. The number of esters is 1. The first-order chi connectivity index (χ1) is 8.78. The molecule has 1 saturated carbocycles. The van der Waals surface area contributed by atoms with Gasteiger partial charge in [-0.2, -0.15) is 0 Å². The van der Waals surface area contributed by atoms with Gasteiger partial charge in [-0.1, -0.05) is 18.2 Å². The summed E-state index contributed by atoms with van der Waals surface area (Å²) >= 11 is 0. The van der Waals surface area contributed by atoms with Gasteiger partial charge < -0.3 is 4.74 Å². The highest BCUT2D eigenvalue weighted by atomic mass is 16.5. The lowest BCUT2D eigenvalue weighted by atomic mass is 10.1. The van der Waals surface area contributed by atoms with Gasteiger partial charge >= 0.3 is 5.97 Å². The number of carbonyl (C=O) groups is 1. The summed E-state index contributed by atoms with van der Waals surface area (Å²) in [5.74, 6) is 0.438. The summed E-state index contributed by atoms with van der Waals surface area (Å²) < 4.78 is 6.72. The number of hydrogen-bond donors (Lipinski definition) is 0. The van der Waals surface area contributed by atoms with Crippen molar-refractivity contribution in [3.05, 3.63) is 42.5 Å². The molecule has 3 rings (SSSR count). The minimum atomic E-state index is -0.596. The molecule has 1 aromatic carbocycles. The molecule has 92 valence electrons. The van der Waals surface area contributed by atoms with E-state index in [0.717, 1.165) is 18.5 Å². The number of rotatable bonds is 3. The normalized spacial score (nSPS) is 16.3. The van der Waals surface area contributed by atoms with Crippen molar-refractivity contribution in [2.24, 2.45) is 0 Å². The standard InChI is InChI=1S/C13H13N3O2/c1-18-12(17)13(7-8-13)11-15-14-9-16(11)10-5-3-2-4-6-10/h2-6,9H,7-8H2,1H3. The van der Waals surface area contributed by atoms with Crippen LogP contribution in [-0.4, -0.2) is 27.8 Å². The number of para-hydroxylation sites is 1. The predicted molar refractivity (Wildman–Crippen MR) is 64.3 cm³/mol. The molecular weight excluding hydrogens is 230 g/mol. The van der Waals surface area contributed by atoms with Crippen LogP contribution in [0.4, 0.5) is 0 Å². The van der Waals surface area contributed by atoms with E-state index in [4.69, 9.17) is 4.74 Å². The van der Waals surface area contributed by atoms with Crippen molar-refractivity contribution >= 4 is 5.97 Å². The number of carbonyl (C=O) groups excluding carboxylic acids is 1. The van der Waals surface area contributed by atoms with Gasteiger partial charge in [-0.25, -0.2) is 0 Å². The third kappa shape index (κ3) is 1.51. The van der Waals surface area contributed by atoms with E-state index in [1.54, 1.807) is 6.33 Å². The molecule has 0 aliphatic heterocycles.